The highest BCUT2D eigenvalue weighted by molar-refractivity contribution is 5.86. The van der Waals surface area contributed by atoms with E-state index in [-0.39, 0.29) is 0 Å². The SMILES string of the molecule is Cc1ccc2c(c1)c1c(n2CC(O)(CN(C)C)c2ccncc2)CCN(C)C1. The highest BCUT2D eigenvalue weighted by Gasteiger charge is 2.33. The van der Waals surface area contributed by atoms with Gasteiger partial charge in [0.1, 0.15) is 5.60 Å². The average molecular weight is 379 g/mol. The van der Waals surface area contributed by atoms with Gasteiger partial charge in [-0.15, -0.1) is 0 Å². The van der Waals surface area contributed by atoms with E-state index in [0.29, 0.717) is 13.1 Å². The molecule has 0 fully saturated rings. The Kier molecular flexibility index (Phi) is 5.00. The molecule has 0 amide bonds. The van der Waals surface area contributed by atoms with Gasteiger partial charge in [0.2, 0.25) is 0 Å². The Bertz CT molecular complexity index is 979. The maximum Gasteiger partial charge on any atom is 0.120 e. The Morgan fingerprint density at radius 2 is 1.93 bits per heavy atom. The van der Waals surface area contributed by atoms with Crippen LogP contribution in [0.3, 0.4) is 0 Å². The molecule has 5 heteroatoms. The van der Waals surface area contributed by atoms with Gasteiger partial charge in [-0.2, -0.15) is 0 Å². The number of aliphatic hydroxyl groups is 1. The summed E-state index contributed by atoms with van der Waals surface area (Å²) in [7, 11) is 6.20. The van der Waals surface area contributed by atoms with Gasteiger partial charge in [0.15, 0.2) is 0 Å². The molecule has 0 aliphatic carbocycles. The third-order valence-corrected chi connectivity index (χ3v) is 5.82. The van der Waals surface area contributed by atoms with Crippen molar-refractivity contribution in [1.29, 1.82) is 0 Å². The van der Waals surface area contributed by atoms with Crippen molar-refractivity contribution in [3.63, 3.8) is 0 Å². The summed E-state index contributed by atoms with van der Waals surface area (Å²) in [6.45, 7) is 5.24. The Morgan fingerprint density at radius 1 is 1.18 bits per heavy atom. The number of likely N-dealkylation sites (N-methyl/N-ethyl adjacent to an activating group) is 2. The second-order valence-corrected chi connectivity index (χ2v) is 8.53. The number of pyridine rings is 1. The lowest BCUT2D eigenvalue weighted by Gasteiger charge is -2.33. The lowest BCUT2D eigenvalue weighted by atomic mass is 9.93. The van der Waals surface area contributed by atoms with Gasteiger partial charge < -0.3 is 19.5 Å². The van der Waals surface area contributed by atoms with Gasteiger partial charge in [0, 0.05) is 55.0 Å². The Hall–Kier alpha value is -2.21. The molecule has 0 saturated carbocycles. The lowest BCUT2D eigenvalue weighted by Crippen LogP contribution is -2.42. The molecule has 0 radical (unpaired) electrons. The van der Waals surface area contributed by atoms with Crippen LogP contribution in [0.5, 0.6) is 0 Å². The number of aryl methyl sites for hydroxylation is 1. The van der Waals surface area contributed by atoms with E-state index in [1.165, 1.54) is 27.7 Å². The van der Waals surface area contributed by atoms with Gasteiger partial charge in [0.25, 0.3) is 0 Å². The minimum Gasteiger partial charge on any atom is -0.382 e. The molecule has 0 spiro atoms. The molecule has 1 aliphatic heterocycles. The lowest BCUT2D eigenvalue weighted by molar-refractivity contribution is -0.00448. The van der Waals surface area contributed by atoms with E-state index >= 15 is 0 Å². The van der Waals surface area contributed by atoms with Crippen molar-refractivity contribution in [3.8, 4) is 0 Å². The smallest absolute Gasteiger partial charge is 0.120 e. The minimum atomic E-state index is -0.986. The molecule has 1 N–H and O–H groups in total. The van der Waals surface area contributed by atoms with Gasteiger partial charge in [-0.25, -0.2) is 0 Å². The van der Waals surface area contributed by atoms with Crippen molar-refractivity contribution in [2.75, 3.05) is 34.2 Å². The molecule has 3 aromatic rings. The third kappa shape index (κ3) is 3.46. The first-order valence-electron chi connectivity index (χ1n) is 9.94. The fourth-order valence-corrected chi connectivity index (χ4v) is 4.56. The van der Waals surface area contributed by atoms with Crippen LogP contribution in [0.1, 0.15) is 22.4 Å². The Morgan fingerprint density at radius 3 is 2.64 bits per heavy atom. The van der Waals surface area contributed by atoms with E-state index in [1.54, 1.807) is 12.4 Å². The maximum absolute atomic E-state index is 11.8. The zero-order valence-electron chi connectivity index (χ0n) is 17.3. The van der Waals surface area contributed by atoms with Crippen molar-refractivity contribution in [3.05, 3.63) is 65.1 Å². The topological polar surface area (TPSA) is 44.5 Å². The predicted molar refractivity (Wildman–Crippen MR) is 113 cm³/mol. The molecule has 148 valence electrons. The fraction of sp³-hybridized carbons (Fsp3) is 0.435. The van der Waals surface area contributed by atoms with Gasteiger partial charge >= 0.3 is 0 Å². The first-order valence-corrected chi connectivity index (χ1v) is 9.94. The molecule has 1 atom stereocenters. The summed E-state index contributed by atoms with van der Waals surface area (Å²) in [6.07, 6.45) is 4.53. The number of fused-ring (bicyclic) bond motifs is 3. The van der Waals surface area contributed by atoms with Gasteiger partial charge in [-0.1, -0.05) is 11.6 Å². The summed E-state index contributed by atoms with van der Waals surface area (Å²) in [5.74, 6) is 0. The number of benzene rings is 1. The molecule has 0 bridgehead atoms. The summed E-state index contributed by atoms with van der Waals surface area (Å²) < 4.78 is 2.36. The average Bonchev–Trinajstić information content (AvgIpc) is 2.94. The number of rotatable bonds is 5. The van der Waals surface area contributed by atoms with Crippen molar-refractivity contribution in [2.24, 2.45) is 0 Å². The van der Waals surface area contributed by atoms with E-state index in [4.69, 9.17) is 0 Å². The van der Waals surface area contributed by atoms with Crippen LogP contribution >= 0.6 is 0 Å². The van der Waals surface area contributed by atoms with E-state index in [1.807, 2.05) is 26.2 Å². The first-order chi connectivity index (χ1) is 13.4. The molecular formula is C23H30N4O. The fourth-order valence-electron chi connectivity index (χ4n) is 4.56. The normalized spacial score (nSPS) is 17.1. The van der Waals surface area contributed by atoms with Crippen molar-refractivity contribution >= 4 is 10.9 Å². The molecule has 4 rings (SSSR count). The third-order valence-electron chi connectivity index (χ3n) is 5.82. The summed E-state index contributed by atoms with van der Waals surface area (Å²) in [4.78, 5) is 8.57. The molecule has 1 unspecified atom stereocenters. The van der Waals surface area contributed by atoms with Crippen LogP contribution in [-0.2, 0) is 25.1 Å². The Balaban J connectivity index is 1.86. The second kappa shape index (κ2) is 7.32. The number of nitrogens with zero attached hydrogens (tertiary/aromatic N) is 4. The predicted octanol–water partition coefficient (Wildman–Crippen LogP) is 2.78. The van der Waals surface area contributed by atoms with E-state index < -0.39 is 5.60 Å². The molecule has 1 aromatic carbocycles. The minimum absolute atomic E-state index is 0.536. The molecule has 0 saturated heterocycles. The van der Waals surface area contributed by atoms with Crippen LogP contribution in [0.15, 0.2) is 42.7 Å². The first kappa shape index (κ1) is 19.1. The van der Waals surface area contributed by atoms with Crippen LogP contribution < -0.4 is 0 Å². The Labute approximate surface area is 167 Å². The van der Waals surface area contributed by atoms with Crippen LogP contribution in [-0.4, -0.2) is 58.7 Å². The monoisotopic (exact) mass is 378 g/mol. The molecule has 2 aromatic heterocycles. The van der Waals surface area contributed by atoms with Gasteiger partial charge in [0.05, 0.1) is 6.54 Å². The summed E-state index contributed by atoms with van der Waals surface area (Å²) in [5.41, 5.74) is 5.20. The highest BCUT2D eigenvalue weighted by Crippen LogP contribution is 2.34. The second-order valence-electron chi connectivity index (χ2n) is 8.53. The van der Waals surface area contributed by atoms with Gasteiger partial charge in [-0.05, 0) is 63.5 Å². The molecule has 28 heavy (non-hydrogen) atoms. The number of aromatic nitrogens is 2. The summed E-state index contributed by atoms with van der Waals surface area (Å²) >= 11 is 0. The van der Waals surface area contributed by atoms with E-state index in [0.717, 1.165) is 25.1 Å². The molecular weight excluding hydrogens is 348 g/mol. The summed E-state index contributed by atoms with van der Waals surface area (Å²) in [6, 6.07) is 10.5. The van der Waals surface area contributed by atoms with Crippen molar-refractivity contribution in [1.82, 2.24) is 19.4 Å². The zero-order chi connectivity index (χ0) is 19.9. The van der Waals surface area contributed by atoms with Crippen LogP contribution in [0.2, 0.25) is 0 Å². The van der Waals surface area contributed by atoms with E-state index in [9.17, 15) is 5.11 Å². The quantitative estimate of drug-likeness (QED) is 0.742. The van der Waals surface area contributed by atoms with Crippen LogP contribution in [0, 0.1) is 6.92 Å². The van der Waals surface area contributed by atoms with Crippen LogP contribution in [0.4, 0.5) is 0 Å². The number of hydrogen-bond acceptors (Lipinski definition) is 4. The molecule has 5 nitrogen and oxygen atoms in total. The standard InChI is InChI=1S/C23H30N4O/c1-17-5-6-21-19(13-17)20-14-26(4)12-9-22(20)27(21)16-23(28,15-25(2)3)18-7-10-24-11-8-18/h5-8,10-11,13,28H,9,12,14-16H2,1-4H3. The number of hydrogen-bond donors (Lipinski definition) is 1. The zero-order valence-corrected chi connectivity index (χ0v) is 17.3. The van der Waals surface area contributed by atoms with Crippen molar-refractivity contribution < 1.29 is 5.11 Å². The highest BCUT2D eigenvalue weighted by atomic mass is 16.3. The summed E-state index contributed by atoms with van der Waals surface area (Å²) in [5, 5.41) is 13.1. The molecule has 3 heterocycles. The maximum atomic E-state index is 11.8. The van der Waals surface area contributed by atoms with Crippen LogP contribution in [0.25, 0.3) is 10.9 Å². The van der Waals surface area contributed by atoms with E-state index in [2.05, 4.69) is 51.5 Å². The van der Waals surface area contributed by atoms with Crippen molar-refractivity contribution in [2.45, 2.75) is 32.0 Å². The van der Waals surface area contributed by atoms with Gasteiger partial charge in [-0.3, -0.25) is 4.98 Å². The molecule has 1 aliphatic rings. The largest absolute Gasteiger partial charge is 0.382 e.